The second-order valence-corrected chi connectivity index (χ2v) is 4.44. The number of hydrogen-bond donors (Lipinski definition) is 3. The first-order chi connectivity index (χ1) is 8.56. The van der Waals surface area contributed by atoms with Crippen LogP contribution in [0.3, 0.4) is 0 Å². The van der Waals surface area contributed by atoms with Gasteiger partial charge in [0.05, 0.1) is 0 Å². The van der Waals surface area contributed by atoms with Gasteiger partial charge in [-0.2, -0.15) is 0 Å². The monoisotopic (exact) mass is 251 g/mol. The average Bonchev–Trinajstić information content (AvgIpc) is 2.38. The zero-order chi connectivity index (χ0) is 13.5. The molecule has 0 aromatic carbocycles. The van der Waals surface area contributed by atoms with E-state index in [0.717, 1.165) is 12.1 Å². The van der Waals surface area contributed by atoms with Gasteiger partial charge in [0.2, 0.25) is 0 Å². The van der Waals surface area contributed by atoms with Crippen molar-refractivity contribution < 1.29 is 5.21 Å². The molecule has 0 aliphatic rings. The highest BCUT2D eigenvalue weighted by Crippen LogP contribution is 2.04. The number of amidine groups is 1. The highest BCUT2D eigenvalue weighted by atomic mass is 16.4. The Labute approximate surface area is 107 Å². The Morgan fingerprint density at radius 2 is 2.33 bits per heavy atom. The topological polar surface area (TPSA) is 86.8 Å². The summed E-state index contributed by atoms with van der Waals surface area (Å²) in [6.45, 7) is 3.63. The van der Waals surface area contributed by atoms with Crippen LogP contribution in [-0.2, 0) is 6.54 Å². The van der Waals surface area contributed by atoms with Crippen LogP contribution in [0.2, 0.25) is 0 Å². The highest BCUT2D eigenvalue weighted by molar-refractivity contribution is 5.96. The molecule has 100 valence electrons. The van der Waals surface area contributed by atoms with Gasteiger partial charge in [-0.05, 0) is 32.6 Å². The van der Waals surface area contributed by atoms with Gasteiger partial charge < -0.3 is 21.2 Å². The number of pyridine rings is 1. The Balaban J connectivity index is 2.62. The fourth-order valence-electron chi connectivity index (χ4n) is 1.46. The van der Waals surface area contributed by atoms with Crippen LogP contribution < -0.4 is 11.1 Å². The van der Waals surface area contributed by atoms with Gasteiger partial charge in [-0.3, -0.25) is 4.98 Å². The largest absolute Gasteiger partial charge is 0.409 e. The molecule has 0 amide bonds. The predicted octanol–water partition coefficient (Wildman–Crippen LogP) is 0.216. The molecule has 1 aromatic rings. The predicted molar refractivity (Wildman–Crippen MR) is 71.6 cm³/mol. The number of hydrogen-bond acceptors (Lipinski definition) is 5. The fraction of sp³-hybridized carbons (Fsp3) is 0.500. The molecule has 0 saturated carbocycles. The molecule has 1 atom stereocenters. The number of rotatable bonds is 6. The summed E-state index contributed by atoms with van der Waals surface area (Å²) in [6, 6.07) is 4.18. The first kappa shape index (κ1) is 14.4. The Hall–Kier alpha value is -1.66. The lowest BCUT2D eigenvalue weighted by Crippen LogP contribution is -2.35. The molecule has 1 unspecified atom stereocenters. The van der Waals surface area contributed by atoms with Crippen LogP contribution in [-0.4, -0.2) is 47.6 Å². The SMILES string of the molecule is CC(CNCc1cccnc1C(N)=NO)N(C)C. The third kappa shape index (κ3) is 3.97. The fourth-order valence-corrected chi connectivity index (χ4v) is 1.46. The number of nitrogens with one attached hydrogen (secondary N) is 1. The van der Waals surface area contributed by atoms with Crippen molar-refractivity contribution in [2.24, 2.45) is 10.9 Å². The maximum atomic E-state index is 8.69. The van der Waals surface area contributed by atoms with Gasteiger partial charge in [-0.25, -0.2) is 0 Å². The van der Waals surface area contributed by atoms with E-state index >= 15 is 0 Å². The molecule has 6 heteroatoms. The van der Waals surface area contributed by atoms with E-state index in [2.05, 4.69) is 27.3 Å². The van der Waals surface area contributed by atoms with Crippen LogP contribution in [0.5, 0.6) is 0 Å². The van der Waals surface area contributed by atoms with Crippen molar-refractivity contribution in [3.63, 3.8) is 0 Å². The molecule has 4 N–H and O–H groups in total. The zero-order valence-electron chi connectivity index (χ0n) is 11.1. The van der Waals surface area contributed by atoms with Gasteiger partial charge in [0.25, 0.3) is 0 Å². The van der Waals surface area contributed by atoms with Crippen LogP contribution in [0.1, 0.15) is 18.2 Å². The Morgan fingerprint density at radius 3 is 2.94 bits per heavy atom. The van der Waals surface area contributed by atoms with Crippen molar-refractivity contribution in [3.05, 3.63) is 29.6 Å². The summed E-state index contributed by atoms with van der Waals surface area (Å²) in [5.41, 5.74) is 7.01. The molecule has 0 radical (unpaired) electrons. The van der Waals surface area contributed by atoms with E-state index in [1.54, 1.807) is 6.20 Å². The van der Waals surface area contributed by atoms with Crippen molar-refractivity contribution in [2.45, 2.75) is 19.5 Å². The van der Waals surface area contributed by atoms with Crippen LogP contribution >= 0.6 is 0 Å². The maximum Gasteiger partial charge on any atom is 0.189 e. The summed E-state index contributed by atoms with van der Waals surface area (Å²) < 4.78 is 0. The summed E-state index contributed by atoms with van der Waals surface area (Å²) >= 11 is 0. The molecule has 1 aromatic heterocycles. The zero-order valence-corrected chi connectivity index (χ0v) is 11.1. The number of nitrogens with two attached hydrogens (primary N) is 1. The van der Waals surface area contributed by atoms with Crippen LogP contribution in [0.25, 0.3) is 0 Å². The molecule has 0 aliphatic heterocycles. The maximum absolute atomic E-state index is 8.69. The second-order valence-electron chi connectivity index (χ2n) is 4.44. The summed E-state index contributed by atoms with van der Waals surface area (Å²) in [4.78, 5) is 6.26. The van der Waals surface area contributed by atoms with Crippen molar-refractivity contribution in [2.75, 3.05) is 20.6 Å². The Morgan fingerprint density at radius 1 is 1.61 bits per heavy atom. The van der Waals surface area contributed by atoms with Crippen molar-refractivity contribution in [1.29, 1.82) is 0 Å². The Kier molecular flexibility index (Phi) is 5.54. The van der Waals surface area contributed by atoms with Gasteiger partial charge in [0, 0.05) is 25.3 Å². The summed E-state index contributed by atoms with van der Waals surface area (Å²) in [6.07, 6.45) is 1.62. The number of nitrogens with zero attached hydrogens (tertiary/aromatic N) is 3. The van der Waals surface area contributed by atoms with E-state index in [-0.39, 0.29) is 5.84 Å². The first-order valence-corrected chi connectivity index (χ1v) is 5.85. The highest BCUT2D eigenvalue weighted by Gasteiger charge is 2.09. The van der Waals surface area contributed by atoms with Crippen LogP contribution in [0.4, 0.5) is 0 Å². The van der Waals surface area contributed by atoms with Crippen molar-refractivity contribution in [1.82, 2.24) is 15.2 Å². The third-order valence-electron chi connectivity index (χ3n) is 2.88. The molecule has 0 bridgehead atoms. The van der Waals surface area contributed by atoms with E-state index in [1.807, 2.05) is 26.2 Å². The lowest BCUT2D eigenvalue weighted by molar-refractivity contribution is 0.302. The molecule has 0 spiro atoms. The lowest BCUT2D eigenvalue weighted by atomic mass is 10.1. The van der Waals surface area contributed by atoms with Crippen molar-refractivity contribution in [3.8, 4) is 0 Å². The minimum atomic E-state index is 0.0352. The average molecular weight is 251 g/mol. The molecule has 1 rings (SSSR count). The minimum Gasteiger partial charge on any atom is -0.409 e. The number of oxime groups is 1. The standard InChI is InChI=1S/C12H21N5O/c1-9(17(2)3)7-14-8-10-5-4-6-15-11(10)12(13)16-18/h4-6,9,14,18H,7-8H2,1-3H3,(H2,13,16). The normalized spacial score (nSPS) is 13.9. The van der Waals surface area contributed by atoms with E-state index in [9.17, 15) is 0 Å². The summed E-state index contributed by atoms with van der Waals surface area (Å²) in [7, 11) is 4.08. The first-order valence-electron chi connectivity index (χ1n) is 5.85. The van der Waals surface area contributed by atoms with Crippen LogP contribution in [0.15, 0.2) is 23.5 Å². The number of likely N-dealkylation sites (N-methyl/N-ethyl adjacent to an activating group) is 1. The molecule has 0 aliphatic carbocycles. The van der Waals surface area contributed by atoms with Gasteiger partial charge in [-0.1, -0.05) is 11.2 Å². The van der Waals surface area contributed by atoms with Crippen LogP contribution in [0, 0.1) is 0 Å². The smallest absolute Gasteiger partial charge is 0.189 e. The Bertz CT molecular complexity index is 405. The third-order valence-corrected chi connectivity index (χ3v) is 2.88. The van der Waals surface area contributed by atoms with Gasteiger partial charge >= 0.3 is 0 Å². The van der Waals surface area contributed by atoms with Gasteiger partial charge in [-0.15, -0.1) is 0 Å². The molecule has 1 heterocycles. The molecule has 6 nitrogen and oxygen atoms in total. The van der Waals surface area contributed by atoms with E-state index in [0.29, 0.717) is 18.3 Å². The molecule has 18 heavy (non-hydrogen) atoms. The molecular weight excluding hydrogens is 230 g/mol. The van der Waals surface area contributed by atoms with Gasteiger partial charge in [0.1, 0.15) is 5.69 Å². The molecule has 0 fully saturated rings. The van der Waals surface area contributed by atoms with E-state index < -0.39 is 0 Å². The molecule has 0 saturated heterocycles. The van der Waals surface area contributed by atoms with E-state index in [1.165, 1.54) is 0 Å². The van der Waals surface area contributed by atoms with Crippen molar-refractivity contribution >= 4 is 5.84 Å². The summed E-state index contributed by atoms with van der Waals surface area (Å²) in [5.74, 6) is 0.0352. The quantitative estimate of drug-likeness (QED) is 0.291. The van der Waals surface area contributed by atoms with E-state index in [4.69, 9.17) is 10.9 Å². The number of aromatic nitrogens is 1. The minimum absolute atomic E-state index is 0.0352. The van der Waals surface area contributed by atoms with Gasteiger partial charge in [0.15, 0.2) is 5.84 Å². The molecular formula is C12H21N5O. The lowest BCUT2D eigenvalue weighted by Gasteiger charge is -2.20. The summed E-state index contributed by atoms with van der Waals surface area (Å²) in [5, 5.41) is 15.0. The second kappa shape index (κ2) is 6.93.